The van der Waals surface area contributed by atoms with E-state index in [2.05, 4.69) is 54.0 Å². The van der Waals surface area contributed by atoms with E-state index in [-0.39, 0.29) is 5.91 Å². The van der Waals surface area contributed by atoms with Gasteiger partial charge >= 0.3 is 5.97 Å². The van der Waals surface area contributed by atoms with Crippen LogP contribution in [0.5, 0.6) is 0 Å². The third-order valence-electron chi connectivity index (χ3n) is 9.39. The molecule has 1 aliphatic heterocycles. The lowest BCUT2D eigenvalue weighted by Gasteiger charge is -2.38. The molecule has 3 heterocycles. The van der Waals surface area contributed by atoms with E-state index in [1.54, 1.807) is 0 Å². The van der Waals surface area contributed by atoms with Crippen LogP contribution in [0.2, 0.25) is 0 Å². The summed E-state index contributed by atoms with van der Waals surface area (Å²) in [6, 6.07) is 39.1. The molecule has 2 atom stereocenters. The highest BCUT2D eigenvalue weighted by molar-refractivity contribution is 5.98. The lowest BCUT2D eigenvalue weighted by Crippen LogP contribution is -2.38. The number of hydrogen-bond donors (Lipinski definition) is 0. The number of aromatic nitrogens is 3. The lowest BCUT2D eigenvalue weighted by atomic mass is 9.76. The molecule has 4 aromatic carbocycles. The van der Waals surface area contributed by atoms with Crippen molar-refractivity contribution in [2.24, 2.45) is 5.92 Å². The van der Waals surface area contributed by atoms with Crippen molar-refractivity contribution in [2.45, 2.75) is 45.3 Å². The maximum atomic E-state index is 14.4. The quantitative estimate of drug-likeness (QED) is 0.140. The van der Waals surface area contributed by atoms with Crippen LogP contribution in [0.3, 0.4) is 0 Å². The molecule has 2 aromatic heterocycles. The van der Waals surface area contributed by atoms with Crippen LogP contribution in [0.25, 0.3) is 10.9 Å². The van der Waals surface area contributed by atoms with Crippen LogP contribution in [-0.2, 0) is 21.5 Å². The fraction of sp³-hybridized carbons (Fsp3) is 0.205. The number of nitrogens with zero attached hydrogens (tertiary/aromatic N) is 3. The van der Waals surface area contributed by atoms with E-state index >= 15 is 0 Å². The molecule has 0 N–H and O–H groups in total. The summed E-state index contributed by atoms with van der Waals surface area (Å²) >= 11 is 0. The van der Waals surface area contributed by atoms with Gasteiger partial charge in [-0.25, -0.2) is 4.98 Å². The van der Waals surface area contributed by atoms with Crippen molar-refractivity contribution in [1.29, 1.82) is 0 Å². The number of aryl methyl sites for hydroxylation is 1. The molecule has 45 heavy (non-hydrogen) atoms. The Morgan fingerprint density at radius 2 is 1.36 bits per heavy atom. The van der Waals surface area contributed by atoms with Crippen LogP contribution in [0.15, 0.2) is 122 Å². The highest BCUT2D eigenvalue weighted by Crippen LogP contribution is 2.44. The van der Waals surface area contributed by atoms with E-state index in [0.29, 0.717) is 18.5 Å². The summed E-state index contributed by atoms with van der Waals surface area (Å²) in [5, 5.41) is 1.07. The van der Waals surface area contributed by atoms with Crippen LogP contribution < -0.4 is 0 Å². The largest absolute Gasteiger partial charge is 0.455 e. The van der Waals surface area contributed by atoms with Gasteiger partial charge in [0.25, 0.3) is 0 Å². The predicted octanol–water partition coefficient (Wildman–Crippen LogP) is 7.80. The number of carbonyl (C=O) groups excluding carboxylic acids is 2. The lowest BCUT2D eigenvalue weighted by molar-refractivity contribution is -0.149. The minimum Gasteiger partial charge on any atom is -0.455 e. The van der Waals surface area contributed by atoms with Crippen LogP contribution in [0.1, 0.15) is 63.6 Å². The highest BCUT2D eigenvalue weighted by atomic mass is 16.5. The molecule has 0 amide bonds. The molecule has 224 valence electrons. The zero-order valence-corrected chi connectivity index (χ0v) is 25.7. The smallest absolute Gasteiger partial charge is 0.303 e. The van der Waals surface area contributed by atoms with Crippen LogP contribution in [-0.4, -0.2) is 26.0 Å². The first-order valence-electron chi connectivity index (χ1n) is 15.4. The first-order chi connectivity index (χ1) is 21.9. The standard InChI is InChI=1S/C39H35N3O3/c1-26-32-21-13-14-22-35(32)42-34(26)24-23-33(38(42)44)37(45-28(3)43)36-27(2)41(25-40-36)39(29-15-7-4-8-16-29,30-17-9-5-10-18-30)31-19-11-6-12-20-31/h4-22,25,33,37H,23-24H2,1-3H3. The molecule has 0 saturated heterocycles. The van der Waals surface area contributed by atoms with Crippen molar-refractivity contribution in [3.05, 3.63) is 161 Å². The van der Waals surface area contributed by atoms with Gasteiger partial charge in [-0.3, -0.25) is 14.2 Å². The number of benzene rings is 4. The molecule has 0 radical (unpaired) electrons. The summed E-state index contributed by atoms with van der Waals surface area (Å²) in [7, 11) is 0. The van der Waals surface area contributed by atoms with Gasteiger partial charge in [0.05, 0.1) is 17.8 Å². The Labute approximate surface area is 262 Å². The van der Waals surface area contributed by atoms with E-state index in [9.17, 15) is 9.59 Å². The first kappa shape index (κ1) is 28.5. The minimum absolute atomic E-state index is 0.0683. The third-order valence-corrected chi connectivity index (χ3v) is 9.39. The molecule has 2 unspecified atom stereocenters. The predicted molar refractivity (Wildman–Crippen MR) is 175 cm³/mol. The van der Waals surface area contributed by atoms with Crippen LogP contribution in [0, 0.1) is 19.8 Å². The zero-order chi connectivity index (χ0) is 31.1. The Kier molecular flexibility index (Phi) is 7.20. The number of fused-ring (bicyclic) bond motifs is 3. The second-order valence-electron chi connectivity index (χ2n) is 11.8. The van der Waals surface area contributed by atoms with Gasteiger partial charge in [0, 0.05) is 23.7 Å². The molecule has 6 nitrogen and oxygen atoms in total. The maximum absolute atomic E-state index is 14.4. The molecular formula is C39H35N3O3. The Balaban J connectivity index is 1.42. The number of esters is 1. The Hall–Kier alpha value is -5.23. The average Bonchev–Trinajstić information content (AvgIpc) is 3.60. The van der Waals surface area contributed by atoms with Crippen molar-refractivity contribution < 1.29 is 14.3 Å². The van der Waals surface area contributed by atoms with Crippen molar-refractivity contribution in [2.75, 3.05) is 0 Å². The minimum atomic E-state index is -0.842. The molecule has 0 saturated carbocycles. The van der Waals surface area contributed by atoms with Gasteiger partial charge in [0.2, 0.25) is 5.91 Å². The maximum Gasteiger partial charge on any atom is 0.303 e. The molecule has 0 bridgehead atoms. The normalized spacial score (nSPS) is 15.5. The molecule has 0 fully saturated rings. The number of hydrogen-bond acceptors (Lipinski definition) is 4. The van der Waals surface area contributed by atoms with Gasteiger partial charge in [-0.05, 0) is 55.0 Å². The van der Waals surface area contributed by atoms with Gasteiger partial charge < -0.3 is 9.30 Å². The summed E-state index contributed by atoms with van der Waals surface area (Å²) < 4.78 is 10.1. The third kappa shape index (κ3) is 4.51. The number of ether oxygens (including phenoxy) is 1. The Morgan fingerprint density at radius 1 is 0.822 bits per heavy atom. The molecule has 6 heteroatoms. The summed E-state index contributed by atoms with van der Waals surface area (Å²) in [5.41, 5.74) is 6.86. The van der Waals surface area contributed by atoms with E-state index in [4.69, 9.17) is 9.72 Å². The van der Waals surface area contributed by atoms with Gasteiger partial charge in [-0.15, -0.1) is 0 Å². The Bertz CT molecular complexity index is 1910. The summed E-state index contributed by atoms with van der Waals surface area (Å²) in [4.78, 5) is 32.0. The van der Waals surface area contributed by atoms with E-state index < -0.39 is 23.5 Å². The second-order valence-corrected chi connectivity index (χ2v) is 11.8. The molecule has 0 aliphatic carbocycles. The summed E-state index contributed by atoms with van der Waals surface area (Å²) in [5.74, 6) is -1.10. The zero-order valence-electron chi connectivity index (χ0n) is 25.7. The van der Waals surface area contributed by atoms with Crippen LogP contribution >= 0.6 is 0 Å². The second kappa shape index (κ2) is 11.4. The monoisotopic (exact) mass is 593 g/mol. The molecule has 1 aliphatic rings. The number of rotatable bonds is 7. The summed E-state index contributed by atoms with van der Waals surface area (Å²) in [6.07, 6.45) is 2.26. The van der Waals surface area contributed by atoms with Crippen molar-refractivity contribution in [1.82, 2.24) is 14.1 Å². The SMILES string of the molecule is CC(=O)OC(c1ncn(C(c2ccccc2)(c2ccccc2)c2ccccc2)c1C)C1CCc2c(C)c3ccccc3n2C1=O. The molecule has 0 spiro atoms. The first-order valence-corrected chi connectivity index (χ1v) is 15.4. The van der Waals surface area contributed by atoms with Gasteiger partial charge in [0.1, 0.15) is 11.2 Å². The topological polar surface area (TPSA) is 66.1 Å². The fourth-order valence-corrected chi connectivity index (χ4v) is 7.37. The van der Waals surface area contributed by atoms with E-state index in [1.165, 1.54) is 6.92 Å². The van der Waals surface area contributed by atoms with Gasteiger partial charge in [-0.2, -0.15) is 0 Å². The number of para-hydroxylation sites is 1. The number of carbonyl (C=O) groups is 2. The Morgan fingerprint density at radius 3 is 1.91 bits per heavy atom. The fourth-order valence-electron chi connectivity index (χ4n) is 7.37. The highest BCUT2D eigenvalue weighted by Gasteiger charge is 2.44. The molecule has 6 aromatic rings. The van der Waals surface area contributed by atoms with Gasteiger partial charge in [0.15, 0.2) is 6.10 Å². The average molecular weight is 594 g/mol. The van der Waals surface area contributed by atoms with Crippen molar-refractivity contribution in [3.8, 4) is 0 Å². The van der Waals surface area contributed by atoms with Gasteiger partial charge in [-0.1, -0.05) is 109 Å². The van der Waals surface area contributed by atoms with Crippen LogP contribution in [0.4, 0.5) is 0 Å². The molecule has 7 rings (SSSR count). The number of imidazole rings is 1. The van der Waals surface area contributed by atoms with Crippen molar-refractivity contribution in [3.63, 3.8) is 0 Å². The summed E-state index contributed by atoms with van der Waals surface area (Å²) in [6.45, 7) is 5.49. The van der Waals surface area contributed by atoms with E-state index in [1.807, 2.05) is 90.6 Å². The molecular weight excluding hydrogens is 558 g/mol. The van der Waals surface area contributed by atoms with E-state index in [0.717, 1.165) is 44.5 Å². The van der Waals surface area contributed by atoms with Crippen molar-refractivity contribution >= 4 is 22.8 Å².